The molecule has 0 aromatic carbocycles. The number of aromatic nitrogens is 1. The van der Waals surface area contributed by atoms with Gasteiger partial charge in [0.2, 0.25) is 5.91 Å². The molecule has 5 nitrogen and oxygen atoms in total. The van der Waals surface area contributed by atoms with Gasteiger partial charge in [0.25, 0.3) is 0 Å². The lowest BCUT2D eigenvalue weighted by Crippen LogP contribution is -2.42. The summed E-state index contributed by atoms with van der Waals surface area (Å²) in [5.41, 5.74) is 1.70. The van der Waals surface area contributed by atoms with Crippen molar-refractivity contribution in [3.63, 3.8) is 0 Å². The number of pyridine rings is 1. The van der Waals surface area contributed by atoms with Crippen LogP contribution in [0.2, 0.25) is 0 Å². The summed E-state index contributed by atoms with van der Waals surface area (Å²) < 4.78 is 0. The van der Waals surface area contributed by atoms with Crippen molar-refractivity contribution in [1.29, 1.82) is 0 Å². The number of aliphatic carboxylic acids is 1. The fourth-order valence-electron chi connectivity index (χ4n) is 1.87. The van der Waals surface area contributed by atoms with E-state index in [2.05, 4.69) is 10.3 Å². The van der Waals surface area contributed by atoms with E-state index in [1.807, 2.05) is 39.8 Å². The van der Waals surface area contributed by atoms with Gasteiger partial charge in [0.1, 0.15) is 6.04 Å². The van der Waals surface area contributed by atoms with E-state index in [-0.39, 0.29) is 17.7 Å². The zero-order valence-corrected chi connectivity index (χ0v) is 13.1. The number of aryl methyl sites for hydroxylation is 1. The van der Waals surface area contributed by atoms with E-state index in [4.69, 9.17) is 0 Å². The lowest BCUT2D eigenvalue weighted by Gasteiger charge is -2.21. The molecule has 1 aromatic heterocycles. The summed E-state index contributed by atoms with van der Waals surface area (Å²) in [7, 11) is 0. The minimum absolute atomic E-state index is 0.0410. The lowest BCUT2D eigenvalue weighted by molar-refractivity contribution is -0.142. The van der Waals surface area contributed by atoms with Gasteiger partial charge in [0, 0.05) is 11.9 Å². The third-order valence-electron chi connectivity index (χ3n) is 3.15. The monoisotopic (exact) mass is 292 g/mol. The molecule has 1 unspecified atom stereocenters. The molecule has 21 heavy (non-hydrogen) atoms. The number of carbonyl (C=O) groups is 2. The maximum absolute atomic E-state index is 11.9. The molecule has 0 spiro atoms. The van der Waals surface area contributed by atoms with Crippen molar-refractivity contribution in [1.82, 2.24) is 10.3 Å². The normalized spacial score (nSPS) is 12.8. The molecule has 0 aliphatic carbocycles. The summed E-state index contributed by atoms with van der Waals surface area (Å²) in [4.78, 5) is 27.3. The Morgan fingerprint density at radius 1 is 1.33 bits per heavy atom. The zero-order valence-electron chi connectivity index (χ0n) is 13.1. The molecule has 1 atom stereocenters. The van der Waals surface area contributed by atoms with Crippen LogP contribution in [0.1, 0.15) is 44.9 Å². The third kappa shape index (κ3) is 6.88. The zero-order chi connectivity index (χ0) is 16.0. The summed E-state index contributed by atoms with van der Waals surface area (Å²) in [5.74, 6) is -1.28. The van der Waals surface area contributed by atoms with Crippen LogP contribution in [0.3, 0.4) is 0 Å². The van der Waals surface area contributed by atoms with Crippen molar-refractivity contribution < 1.29 is 14.7 Å². The van der Waals surface area contributed by atoms with Gasteiger partial charge in [-0.3, -0.25) is 9.78 Å². The molecule has 1 heterocycles. The van der Waals surface area contributed by atoms with Gasteiger partial charge in [0.15, 0.2) is 0 Å². The van der Waals surface area contributed by atoms with Crippen LogP contribution >= 0.6 is 0 Å². The number of nitrogens with one attached hydrogen (secondary N) is 1. The van der Waals surface area contributed by atoms with Gasteiger partial charge in [-0.1, -0.05) is 26.8 Å². The van der Waals surface area contributed by atoms with E-state index in [0.29, 0.717) is 6.42 Å². The summed E-state index contributed by atoms with van der Waals surface area (Å²) in [6, 6.07) is 2.82. The summed E-state index contributed by atoms with van der Waals surface area (Å²) in [5, 5.41) is 11.8. The molecule has 1 rings (SSSR count). The van der Waals surface area contributed by atoms with Crippen LogP contribution < -0.4 is 5.32 Å². The number of hydrogen-bond donors (Lipinski definition) is 2. The first kappa shape index (κ1) is 17.1. The molecule has 0 bridgehead atoms. The number of carboxylic acid groups (broad SMARTS) is 1. The van der Waals surface area contributed by atoms with Crippen LogP contribution in [-0.4, -0.2) is 28.0 Å². The van der Waals surface area contributed by atoms with E-state index < -0.39 is 12.0 Å². The highest BCUT2D eigenvalue weighted by molar-refractivity contribution is 5.84. The largest absolute Gasteiger partial charge is 0.480 e. The van der Waals surface area contributed by atoms with Crippen molar-refractivity contribution in [2.75, 3.05) is 0 Å². The standard InChI is InChI=1S/C16H24N2O3/c1-11-5-6-12(10-17-11)9-14(19)18-13(15(20)21)7-8-16(2,3)4/h5-6,10,13H,7-9H2,1-4H3,(H,18,19)(H,20,21). The molecule has 1 aromatic rings. The molecule has 0 radical (unpaired) electrons. The van der Waals surface area contributed by atoms with Crippen LogP contribution in [0.15, 0.2) is 18.3 Å². The first-order valence-electron chi connectivity index (χ1n) is 7.11. The van der Waals surface area contributed by atoms with E-state index in [1.54, 1.807) is 6.20 Å². The molecule has 0 aliphatic rings. The van der Waals surface area contributed by atoms with E-state index in [0.717, 1.165) is 17.7 Å². The summed E-state index contributed by atoms with van der Waals surface area (Å²) >= 11 is 0. The van der Waals surface area contributed by atoms with Gasteiger partial charge >= 0.3 is 5.97 Å². The topological polar surface area (TPSA) is 79.3 Å². The van der Waals surface area contributed by atoms with Gasteiger partial charge in [-0.15, -0.1) is 0 Å². The van der Waals surface area contributed by atoms with Crippen LogP contribution in [-0.2, 0) is 16.0 Å². The van der Waals surface area contributed by atoms with Crippen LogP contribution in [0.25, 0.3) is 0 Å². The average Bonchev–Trinajstić information content (AvgIpc) is 2.36. The number of nitrogens with zero attached hydrogens (tertiary/aromatic N) is 1. The maximum Gasteiger partial charge on any atom is 0.326 e. The van der Waals surface area contributed by atoms with Gasteiger partial charge in [-0.2, -0.15) is 0 Å². The summed E-state index contributed by atoms with van der Waals surface area (Å²) in [6.07, 6.45) is 2.94. The highest BCUT2D eigenvalue weighted by Gasteiger charge is 2.22. The molecule has 0 fully saturated rings. The molecule has 116 valence electrons. The smallest absolute Gasteiger partial charge is 0.326 e. The third-order valence-corrected chi connectivity index (χ3v) is 3.15. The lowest BCUT2D eigenvalue weighted by atomic mass is 9.88. The molecular formula is C16H24N2O3. The van der Waals surface area contributed by atoms with Gasteiger partial charge in [-0.25, -0.2) is 4.79 Å². The predicted octanol–water partition coefficient (Wildman–Crippen LogP) is 2.33. The second-order valence-electron chi connectivity index (χ2n) is 6.54. The Morgan fingerprint density at radius 2 is 2.00 bits per heavy atom. The molecule has 0 aliphatic heterocycles. The molecule has 0 saturated carbocycles. The Hall–Kier alpha value is -1.91. The average molecular weight is 292 g/mol. The molecular weight excluding hydrogens is 268 g/mol. The Bertz CT molecular complexity index is 489. The second kappa shape index (κ2) is 7.20. The second-order valence-corrected chi connectivity index (χ2v) is 6.54. The van der Waals surface area contributed by atoms with E-state index >= 15 is 0 Å². The predicted molar refractivity (Wildman–Crippen MR) is 80.9 cm³/mol. The Kier molecular flexibility index (Phi) is 5.88. The van der Waals surface area contributed by atoms with Crippen LogP contribution in [0, 0.1) is 12.3 Å². The van der Waals surface area contributed by atoms with E-state index in [9.17, 15) is 14.7 Å². The molecule has 5 heteroatoms. The summed E-state index contributed by atoms with van der Waals surface area (Å²) in [6.45, 7) is 8.01. The quantitative estimate of drug-likeness (QED) is 0.843. The minimum atomic E-state index is -0.991. The molecule has 2 N–H and O–H groups in total. The van der Waals surface area contributed by atoms with E-state index in [1.165, 1.54) is 0 Å². The van der Waals surface area contributed by atoms with Crippen molar-refractivity contribution in [2.24, 2.45) is 5.41 Å². The number of amides is 1. The maximum atomic E-state index is 11.9. The Balaban J connectivity index is 2.56. The van der Waals surface area contributed by atoms with Crippen molar-refractivity contribution in [3.8, 4) is 0 Å². The number of carboxylic acids is 1. The number of rotatable bonds is 6. The number of hydrogen-bond acceptors (Lipinski definition) is 3. The van der Waals surface area contributed by atoms with Crippen molar-refractivity contribution in [3.05, 3.63) is 29.6 Å². The Labute approximate surface area is 125 Å². The van der Waals surface area contributed by atoms with Gasteiger partial charge < -0.3 is 10.4 Å². The molecule has 0 saturated heterocycles. The number of carbonyl (C=O) groups excluding carboxylic acids is 1. The fourth-order valence-corrected chi connectivity index (χ4v) is 1.87. The fraction of sp³-hybridized carbons (Fsp3) is 0.562. The highest BCUT2D eigenvalue weighted by atomic mass is 16.4. The minimum Gasteiger partial charge on any atom is -0.480 e. The van der Waals surface area contributed by atoms with Crippen LogP contribution in [0.5, 0.6) is 0 Å². The van der Waals surface area contributed by atoms with Gasteiger partial charge in [-0.05, 0) is 36.8 Å². The highest BCUT2D eigenvalue weighted by Crippen LogP contribution is 2.21. The first-order valence-corrected chi connectivity index (χ1v) is 7.11. The SMILES string of the molecule is Cc1ccc(CC(=O)NC(CCC(C)(C)C)C(=O)O)cn1. The molecule has 1 amide bonds. The van der Waals surface area contributed by atoms with Crippen molar-refractivity contribution >= 4 is 11.9 Å². The Morgan fingerprint density at radius 3 is 2.48 bits per heavy atom. The first-order chi connectivity index (χ1) is 9.67. The van der Waals surface area contributed by atoms with Crippen LogP contribution in [0.4, 0.5) is 0 Å². The van der Waals surface area contributed by atoms with Gasteiger partial charge in [0.05, 0.1) is 6.42 Å². The van der Waals surface area contributed by atoms with Crippen molar-refractivity contribution in [2.45, 2.75) is 53.0 Å².